The highest BCUT2D eigenvalue weighted by Crippen LogP contribution is 2.37. The molecule has 0 saturated heterocycles. The van der Waals surface area contributed by atoms with E-state index in [1.807, 2.05) is 19.1 Å². The average Bonchev–Trinajstić information content (AvgIpc) is 2.74. The normalized spacial score (nSPS) is 15.4. The number of imide groups is 1. The molecule has 2 amide bonds. The van der Waals surface area contributed by atoms with E-state index in [9.17, 15) is 19.7 Å². The molecule has 7 nitrogen and oxygen atoms in total. The molecule has 0 aromatic heterocycles. The Kier molecular flexibility index (Phi) is 4.56. The van der Waals surface area contributed by atoms with E-state index < -0.39 is 23.0 Å². The van der Waals surface area contributed by atoms with Crippen molar-refractivity contribution in [1.29, 1.82) is 0 Å². The number of carbonyl (C=O) groups is 2. The third kappa shape index (κ3) is 3.23. The molecule has 1 unspecified atom stereocenters. The molecule has 7 heteroatoms. The van der Waals surface area contributed by atoms with Crippen LogP contribution in [0.15, 0.2) is 72.8 Å². The number of aryl methyl sites for hydroxylation is 1. The fourth-order valence-electron chi connectivity index (χ4n) is 3.25. The van der Waals surface area contributed by atoms with Crippen molar-refractivity contribution >= 4 is 17.5 Å². The van der Waals surface area contributed by atoms with Gasteiger partial charge in [-0.25, -0.2) is 4.90 Å². The molecule has 1 aliphatic rings. The van der Waals surface area contributed by atoms with E-state index in [0.717, 1.165) is 10.5 Å². The lowest BCUT2D eigenvalue weighted by Gasteiger charge is -2.35. The Morgan fingerprint density at radius 3 is 2.38 bits per heavy atom. The first-order valence-electron chi connectivity index (χ1n) is 8.91. The summed E-state index contributed by atoms with van der Waals surface area (Å²) in [4.78, 5) is 38.2. The maximum Gasteiger partial charge on any atom is 0.282 e. The fraction of sp³-hybridized carbons (Fsp3) is 0.0909. The Labute approximate surface area is 166 Å². The molecule has 29 heavy (non-hydrogen) atoms. The van der Waals surface area contributed by atoms with Crippen molar-refractivity contribution in [2.45, 2.75) is 13.2 Å². The maximum atomic E-state index is 13.3. The van der Waals surface area contributed by atoms with Gasteiger partial charge in [0.15, 0.2) is 0 Å². The van der Waals surface area contributed by atoms with Crippen molar-refractivity contribution < 1.29 is 19.2 Å². The molecule has 3 aromatic carbocycles. The zero-order valence-electron chi connectivity index (χ0n) is 15.4. The zero-order chi connectivity index (χ0) is 20.5. The topological polar surface area (TPSA) is 89.8 Å². The SMILES string of the molecule is Cc1ccc(C2Oc3ccccc3C(=O)N2C(=O)c2ccccc2[N+](=O)[O-])cc1. The first-order chi connectivity index (χ1) is 14.0. The van der Waals surface area contributed by atoms with E-state index >= 15 is 0 Å². The van der Waals surface area contributed by atoms with Crippen LogP contribution in [0, 0.1) is 17.0 Å². The standard InChI is InChI=1S/C22H16N2O5/c1-14-10-12-15(13-11-14)22-23(21(26)17-7-3-5-9-19(17)29-22)20(25)16-6-2-4-8-18(16)24(27)28/h2-13,22H,1H3. The summed E-state index contributed by atoms with van der Waals surface area (Å²) in [5.74, 6) is -1.00. The summed E-state index contributed by atoms with van der Waals surface area (Å²) in [7, 11) is 0. The van der Waals surface area contributed by atoms with Gasteiger partial charge >= 0.3 is 0 Å². The van der Waals surface area contributed by atoms with Crippen LogP contribution in [-0.4, -0.2) is 21.6 Å². The van der Waals surface area contributed by atoms with E-state index in [0.29, 0.717) is 11.3 Å². The predicted octanol–water partition coefficient (Wildman–Crippen LogP) is 4.28. The lowest BCUT2D eigenvalue weighted by atomic mass is 10.0. The Morgan fingerprint density at radius 2 is 1.66 bits per heavy atom. The van der Waals surface area contributed by atoms with Crippen molar-refractivity contribution in [2.24, 2.45) is 0 Å². The second-order valence-electron chi connectivity index (χ2n) is 6.63. The van der Waals surface area contributed by atoms with Crippen LogP contribution < -0.4 is 4.74 Å². The Morgan fingerprint density at radius 1 is 1.00 bits per heavy atom. The van der Waals surface area contributed by atoms with E-state index in [1.165, 1.54) is 24.3 Å². The first kappa shape index (κ1) is 18.4. The third-order valence-corrected chi connectivity index (χ3v) is 4.72. The monoisotopic (exact) mass is 388 g/mol. The summed E-state index contributed by atoms with van der Waals surface area (Å²) in [6, 6.07) is 19.4. The highest BCUT2D eigenvalue weighted by atomic mass is 16.6. The summed E-state index contributed by atoms with van der Waals surface area (Å²) >= 11 is 0. The van der Waals surface area contributed by atoms with Crippen LogP contribution in [0.2, 0.25) is 0 Å². The third-order valence-electron chi connectivity index (χ3n) is 4.72. The highest BCUT2D eigenvalue weighted by molar-refractivity contribution is 6.13. The molecule has 1 atom stereocenters. The summed E-state index contributed by atoms with van der Waals surface area (Å²) in [5, 5.41) is 11.4. The largest absolute Gasteiger partial charge is 0.465 e. The minimum atomic E-state index is -1.04. The number of ether oxygens (including phenoxy) is 1. The number of hydrogen-bond acceptors (Lipinski definition) is 5. The fourth-order valence-corrected chi connectivity index (χ4v) is 3.25. The number of nitrogens with zero attached hydrogens (tertiary/aromatic N) is 2. The molecule has 0 radical (unpaired) electrons. The van der Waals surface area contributed by atoms with Crippen molar-refractivity contribution in [3.05, 3.63) is 105 Å². The molecule has 4 rings (SSSR count). The Bertz CT molecular complexity index is 1120. The van der Waals surface area contributed by atoms with Crippen molar-refractivity contribution in [3.8, 4) is 5.75 Å². The Hall–Kier alpha value is -4.00. The van der Waals surface area contributed by atoms with E-state index in [-0.39, 0.29) is 16.8 Å². The van der Waals surface area contributed by atoms with Crippen LogP contribution in [0.25, 0.3) is 0 Å². The summed E-state index contributed by atoms with van der Waals surface area (Å²) in [6.07, 6.45) is -1.04. The lowest BCUT2D eigenvalue weighted by Crippen LogP contribution is -2.45. The van der Waals surface area contributed by atoms with Crippen LogP contribution >= 0.6 is 0 Å². The number of amides is 2. The first-order valence-corrected chi connectivity index (χ1v) is 8.91. The van der Waals surface area contributed by atoms with Crippen molar-refractivity contribution in [3.63, 3.8) is 0 Å². The van der Waals surface area contributed by atoms with Gasteiger partial charge in [-0.1, -0.05) is 54.1 Å². The van der Waals surface area contributed by atoms with E-state index in [2.05, 4.69) is 0 Å². The Balaban J connectivity index is 1.85. The molecule has 0 N–H and O–H groups in total. The average molecular weight is 388 g/mol. The second kappa shape index (κ2) is 7.20. The number of benzene rings is 3. The van der Waals surface area contributed by atoms with Gasteiger partial charge in [-0.15, -0.1) is 0 Å². The number of fused-ring (bicyclic) bond motifs is 1. The van der Waals surface area contributed by atoms with E-state index in [4.69, 9.17) is 4.74 Å². The van der Waals surface area contributed by atoms with Gasteiger partial charge in [-0.05, 0) is 25.1 Å². The molecule has 3 aromatic rings. The van der Waals surface area contributed by atoms with Gasteiger partial charge in [-0.2, -0.15) is 0 Å². The summed E-state index contributed by atoms with van der Waals surface area (Å²) in [5.41, 5.74) is 1.28. The van der Waals surface area contributed by atoms with Gasteiger partial charge in [0.2, 0.25) is 6.23 Å². The van der Waals surface area contributed by atoms with Gasteiger partial charge < -0.3 is 4.74 Å². The maximum absolute atomic E-state index is 13.3. The van der Waals surface area contributed by atoms with Crippen LogP contribution in [0.1, 0.15) is 38.1 Å². The number of hydrogen-bond donors (Lipinski definition) is 0. The molecule has 0 bridgehead atoms. The number of para-hydroxylation sites is 2. The van der Waals surface area contributed by atoms with Gasteiger partial charge in [0.1, 0.15) is 11.3 Å². The molecule has 0 aliphatic carbocycles. The smallest absolute Gasteiger partial charge is 0.282 e. The zero-order valence-corrected chi connectivity index (χ0v) is 15.4. The molecule has 0 fully saturated rings. The molecule has 0 spiro atoms. The van der Waals surface area contributed by atoms with Crippen LogP contribution in [-0.2, 0) is 0 Å². The van der Waals surface area contributed by atoms with Gasteiger partial charge in [0.25, 0.3) is 17.5 Å². The van der Waals surface area contributed by atoms with Crippen molar-refractivity contribution in [1.82, 2.24) is 4.90 Å². The van der Waals surface area contributed by atoms with E-state index in [1.54, 1.807) is 36.4 Å². The van der Waals surface area contributed by atoms with Crippen molar-refractivity contribution in [2.75, 3.05) is 0 Å². The minimum absolute atomic E-state index is 0.175. The summed E-state index contributed by atoms with van der Waals surface area (Å²) in [6.45, 7) is 1.92. The molecular weight excluding hydrogens is 372 g/mol. The minimum Gasteiger partial charge on any atom is -0.465 e. The van der Waals surface area contributed by atoms with Gasteiger partial charge in [0, 0.05) is 11.6 Å². The molecule has 1 aliphatic heterocycles. The van der Waals surface area contributed by atoms with Gasteiger partial charge in [0.05, 0.1) is 10.5 Å². The molecule has 144 valence electrons. The molecular formula is C22H16N2O5. The number of nitro benzene ring substituents is 1. The van der Waals surface area contributed by atoms with Gasteiger partial charge in [-0.3, -0.25) is 19.7 Å². The highest BCUT2D eigenvalue weighted by Gasteiger charge is 2.41. The predicted molar refractivity (Wildman–Crippen MR) is 105 cm³/mol. The number of rotatable bonds is 3. The lowest BCUT2D eigenvalue weighted by molar-refractivity contribution is -0.385. The van der Waals surface area contributed by atoms with Crippen LogP contribution in [0.5, 0.6) is 5.75 Å². The molecule has 1 heterocycles. The van der Waals surface area contributed by atoms with Crippen LogP contribution in [0.4, 0.5) is 5.69 Å². The quantitative estimate of drug-likeness (QED) is 0.380. The number of carbonyl (C=O) groups excluding carboxylic acids is 2. The van der Waals surface area contributed by atoms with Crippen LogP contribution in [0.3, 0.4) is 0 Å². The number of nitro groups is 1. The summed E-state index contributed by atoms with van der Waals surface area (Å²) < 4.78 is 6.00. The molecule has 0 saturated carbocycles. The second-order valence-corrected chi connectivity index (χ2v) is 6.63.